The predicted octanol–water partition coefficient (Wildman–Crippen LogP) is 2.29. The summed E-state index contributed by atoms with van der Waals surface area (Å²) >= 11 is 0. The molecular formula is C11H10F3N3O. The van der Waals surface area contributed by atoms with Gasteiger partial charge in [0, 0.05) is 11.6 Å². The highest BCUT2D eigenvalue weighted by atomic mass is 19.3. The van der Waals surface area contributed by atoms with Crippen LogP contribution in [0.15, 0.2) is 24.5 Å². The molecule has 0 aromatic carbocycles. The number of rotatable bonds is 1. The van der Waals surface area contributed by atoms with Crippen LogP contribution in [0.1, 0.15) is 0 Å². The summed E-state index contributed by atoms with van der Waals surface area (Å²) < 4.78 is 43.3. The number of fused-ring (bicyclic) bond motifs is 1. The summed E-state index contributed by atoms with van der Waals surface area (Å²) in [6, 6.07) is 3.46. The predicted molar refractivity (Wildman–Crippen MR) is 59.2 cm³/mol. The second kappa shape index (κ2) is 3.88. The number of aromatic nitrogens is 2. The normalized spacial score (nSPS) is 23.5. The number of aromatic amines is 1. The summed E-state index contributed by atoms with van der Waals surface area (Å²) in [5.74, 6) is 0. The van der Waals surface area contributed by atoms with Crippen LogP contribution in [0.4, 0.5) is 18.9 Å². The third kappa shape index (κ3) is 2.01. The molecule has 1 unspecified atom stereocenters. The smallest absolute Gasteiger partial charge is 0.356 e. The van der Waals surface area contributed by atoms with Crippen molar-refractivity contribution in [1.29, 1.82) is 0 Å². The number of anilines is 1. The molecular weight excluding hydrogens is 247 g/mol. The standard InChI is InChI=1S/C11H10F3N3O/c12-9-5-17(6-11(13,14)18-9)8-3-7-1-2-15-10(7)16-4-8/h1-4,9H,5-6H2,(H,15,16). The Hall–Kier alpha value is -1.76. The van der Waals surface area contributed by atoms with Crippen molar-refractivity contribution < 1.29 is 17.9 Å². The molecule has 1 fully saturated rings. The molecule has 2 aromatic rings. The molecule has 0 saturated carbocycles. The first kappa shape index (κ1) is 11.3. The van der Waals surface area contributed by atoms with Gasteiger partial charge in [-0.05, 0) is 12.1 Å². The lowest BCUT2D eigenvalue weighted by atomic mass is 10.2. The zero-order valence-electron chi connectivity index (χ0n) is 9.24. The summed E-state index contributed by atoms with van der Waals surface area (Å²) in [5.41, 5.74) is 1.11. The topological polar surface area (TPSA) is 41.2 Å². The van der Waals surface area contributed by atoms with Gasteiger partial charge in [-0.3, -0.25) is 4.74 Å². The minimum Gasteiger partial charge on any atom is -0.356 e. The number of morpholine rings is 1. The van der Waals surface area contributed by atoms with Crippen LogP contribution in [0.25, 0.3) is 11.0 Å². The quantitative estimate of drug-likeness (QED) is 0.852. The molecule has 3 heterocycles. The van der Waals surface area contributed by atoms with Crippen LogP contribution in [0.3, 0.4) is 0 Å². The molecule has 0 radical (unpaired) electrons. The Balaban J connectivity index is 1.93. The van der Waals surface area contributed by atoms with E-state index in [2.05, 4.69) is 14.7 Å². The Morgan fingerprint density at radius 2 is 2.33 bits per heavy atom. The Morgan fingerprint density at radius 3 is 3.11 bits per heavy atom. The van der Waals surface area contributed by atoms with Crippen LogP contribution < -0.4 is 4.90 Å². The van der Waals surface area contributed by atoms with Gasteiger partial charge in [-0.25, -0.2) is 9.37 Å². The van der Waals surface area contributed by atoms with Gasteiger partial charge in [-0.1, -0.05) is 0 Å². The van der Waals surface area contributed by atoms with Gasteiger partial charge in [0.2, 0.25) is 6.36 Å². The number of hydrogen-bond acceptors (Lipinski definition) is 3. The molecule has 1 saturated heterocycles. The number of hydrogen-bond donors (Lipinski definition) is 1. The zero-order valence-corrected chi connectivity index (χ0v) is 9.24. The lowest BCUT2D eigenvalue weighted by molar-refractivity contribution is -0.292. The van der Waals surface area contributed by atoms with Gasteiger partial charge in [0.15, 0.2) is 0 Å². The van der Waals surface area contributed by atoms with E-state index < -0.39 is 19.0 Å². The highest BCUT2D eigenvalue weighted by Gasteiger charge is 2.42. The van der Waals surface area contributed by atoms with E-state index in [4.69, 9.17) is 0 Å². The number of nitrogens with zero attached hydrogens (tertiary/aromatic N) is 2. The van der Waals surface area contributed by atoms with Crippen molar-refractivity contribution >= 4 is 16.7 Å². The van der Waals surface area contributed by atoms with Crippen molar-refractivity contribution in [1.82, 2.24) is 9.97 Å². The van der Waals surface area contributed by atoms with Gasteiger partial charge in [0.25, 0.3) is 0 Å². The molecule has 4 nitrogen and oxygen atoms in total. The van der Waals surface area contributed by atoms with Crippen LogP contribution in [0.5, 0.6) is 0 Å². The monoisotopic (exact) mass is 257 g/mol. The summed E-state index contributed by atoms with van der Waals surface area (Å²) in [6.07, 6.45) is -2.35. The molecule has 7 heteroatoms. The maximum Gasteiger partial charge on any atom is 0.375 e. The van der Waals surface area contributed by atoms with E-state index in [9.17, 15) is 13.2 Å². The summed E-state index contributed by atoms with van der Waals surface area (Å²) in [7, 11) is 0. The number of ether oxygens (including phenoxy) is 1. The highest BCUT2D eigenvalue weighted by molar-refractivity contribution is 5.79. The zero-order chi connectivity index (χ0) is 12.8. The van der Waals surface area contributed by atoms with Crippen molar-refractivity contribution in [2.24, 2.45) is 0 Å². The van der Waals surface area contributed by atoms with Gasteiger partial charge < -0.3 is 9.88 Å². The van der Waals surface area contributed by atoms with Crippen LogP contribution >= 0.6 is 0 Å². The van der Waals surface area contributed by atoms with Crippen LogP contribution in [-0.2, 0) is 4.74 Å². The Bertz CT molecular complexity index is 571. The van der Waals surface area contributed by atoms with Crippen molar-refractivity contribution in [3.63, 3.8) is 0 Å². The maximum atomic E-state index is 13.1. The summed E-state index contributed by atoms with van der Waals surface area (Å²) in [6.45, 7) is -0.905. The number of H-pyrrole nitrogens is 1. The number of pyridine rings is 1. The first-order valence-corrected chi connectivity index (χ1v) is 5.41. The minimum absolute atomic E-state index is 0.229. The van der Waals surface area contributed by atoms with Crippen LogP contribution in [0.2, 0.25) is 0 Å². The molecule has 2 aromatic heterocycles. The number of nitrogens with one attached hydrogen (secondary N) is 1. The summed E-state index contributed by atoms with van der Waals surface area (Å²) in [5, 5.41) is 0.790. The Morgan fingerprint density at radius 1 is 1.50 bits per heavy atom. The highest BCUT2D eigenvalue weighted by Crippen LogP contribution is 2.29. The minimum atomic E-state index is -3.48. The molecule has 0 amide bonds. The Kier molecular flexibility index (Phi) is 2.44. The van der Waals surface area contributed by atoms with Gasteiger partial charge >= 0.3 is 6.11 Å². The molecule has 1 atom stereocenters. The first-order valence-electron chi connectivity index (χ1n) is 5.41. The molecule has 0 aliphatic carbocycles. The fraction of sp³-hybridized carbons (Fsp3) is 0.364. The third-order valence-corrected chi connectivity index (χ3v) is 2.79. The fourth-order valence-corrected chi connectivity index (χ4v) is 2.02. The second-order valence-corrected chi connectivity index (χ2v) is 4.15. The van der Waals surface area contributed by atoms with E-state index in [0.29, 0.717) is 11.3 Å². The molecule has 1 aliphatic heterocycles. The van der Waals surface area contributed by atoms with Crippen molar-refractivity contribution in [3.05, 3.63) is 24.5 Å². The number of halogens is 3. The molecule has 96 valence electrons. The van der Waals surface area contributed by atoms with Gasteiger partial charge in [0.1, 0.15) is 12.2 Å². The van der Waals surface area contributed by atoms with Gasteiger partial charge in [-0.15, -0.1) is 0 Å². The molecule has 18 heavy (non-hydrogen) atoms. The van der Waals surface area contributed by atoms with Gasteiger partial charge in [-0.2, -0.15) is 8.78 Å². The van der Waals surface area contributed by atoms with Crippen molar-refractivity contribution in [2.75, 3.05) is 18.0 Å². The molecule has 3 rings (SSSR count). The van der Waals surface area contributed by atoms with Gasteiger partial charge in [0.05, 0.1) is 18.4 Å². The summed E-state index contributed by atoms with van der Waals surface area (Å²) in [4.78, 5) is 8.21. The van der Waals surface area contributed by atoms with E-state index in [1.807, 2.05) is 0 Å². The third-order valence-electron chi connectivity index (χ3n) is 2.79. The van der Waals surface area contributed by atoms with Crippen LogP contribution in [-0.4, -0.2) is 35.5 Å². The molecule has 1 aliphatic rings. The van der Waals surface area contributed by atoms with E-state index in [1.165, 1.54) is 11.1 Å². The average Bonchev–Trinajstić information content (AvgIpc) is 2.72. The lowest BCUT2D eigenvalue weighted by Gasteiger charge is -2.35. The van der Waals surface area contributed by atoms with E-state index in [1.54, 1.807) is 18.3 Å². The largest absolute Gasteiger partial charge is 0.375 e. The lowest BCUT2D eigenvalue weighted by Crippen LogP contribution is -2.50. The molecule has 0 bridgehead atoms. The first-order chi connectivity index (χ1) is 8.53. The second-order valence-electron chi connectivity index (χ2n) is 4.15. The van der Waals surface area contributed by atoms with E-state index >= 15 is 0 Å². The van der Waals surface area contributed by atoms with Crippen molar-refractivity contribution in [2.45, 2.75) is 12.5 Å². The Labute approximate surface area is 100 Å². The maximum absolute atomic E-state index is 13.1. The van der Waals surface area contributed by atoms with E-state index in [-0.39, 0.29) is 6.54 Å². The molecule has 1 N–H and O–H groups in total. The molecule has 0 spiro atoms. The SMILES string of the molecule is FC1CN(c2cnc3[nH]ccc3c2)CC(F)(F)O1. The van der Waals surface area contributed by atoms with Crippen LogP contribution in [0, 0.1) is 0 Å². The average molecular weight is 257 g/mol. The number of alkyl halides is 3. The van der Waals surface area contributed by atoms with Crippen molar-refractivity contribution in [3.8, 4) is 0 Å². The van der Waals surface area contributed by atoms with E-state index in [0.717, 1.165) is 5.39 Å². The fourth-order valence-electron chi connectivity index (χ4n) is 2.02.